The van der Waals surface area contributed by atoms with Crippen LogP contribution in [0.2, 0.25) is 0 Å². The molecular weight excluding hydrogens is 254 g/mol. The van der Waals surface area contributed by atoms with E-state index in [4.69, 9.17) is 14.9 Å². The Hall–Kier alpha value is -2.28. The number of aliphatic hydroxyl groups excluding tert-OH is 1. The monoisotopic (exact) mass is 269 g/mol. The van der Waals surface area contributed by atoms with Crippen molar-refractivity contribution in [2.24, 2.45) is 0 Å². The van der Waals surface area contributed by atoms with Crippen molar-refractivity contribution in [2.45, 2.75) is 12.5 Å². The minimum Gasteiger partial charge on any atom is -0.504 e. The lowest BCUT2D eigenvalue weighted by molar-refractivity contribution is -0.139. The topological polar surface area (TPSA) is 116 Å². The fourth-order valence-electron chi connectivity index (χ4n) is 1.46. The molecule has 4 N–H and O–H groups in total. The molecule has 7 heteroatoms. The Labute approximate surface area is 109 Å². The molecule has 0 fully saturated rings. The molecule has 19 heavy (non-hydrogen) atoms. The molecule has 1 aromatic rings. The minimum atomic E-state index is -1.24. The summed E-state index contributed by atoms with van der Waals surface area (Å²) in [6.07, 6.45) is -0.0940. The number of ether oxygens (including phenoxy) is 1. The number of carboxylic acids is 1. The first-order valence-electron chi connectivity index (χ1n) is 5.51. The number of hydrogen-bond acceptors (Lipinski definition) is 5. The van der Waals surface area contributed by atoms with Gasteiger partial charge >= 0.3 is 5.97 Å². The van der Waals surface area contributed by atoms with Crippen LogP contribution in [0.15, 0.2) is 18.2 Å². The number of rotatable bonds is 6. The van der Waals surface area contributed by atoms with Gasteiger partial charge in [-0.1, -0.05) is 0 Å². The van der Waals surface area contributed by atoms with Crippen LogP contribution in [0.1, 0.15) is 16.8 Å². The molecule has 0 saturated heterocycles. The van der Waals surface area contributed by atoms with Crippen LogP contribution < -0.4 is 10.1 Å². The van der Waals surface area contributed by atoms with Crippen LogP contribution in [0, 0.1) is 0 Å². The van der Waals surface area contributed by atoms with Gasteiger partial charge in [0, 0.05) is 18.6 Å². The van der Waals surface area contributed by atoms with Gasteiger partial charge in [-0.25, -0.2) is 4.79 Å². The van der Waals surface area contributed by atoms with Gasteiger partial charge in [0.2, 0.25) is 0 Å². The van der Waals surface area contributed by atoms with Crippen LogP contribution in [0.25, 0.3) is 0 Å². The number of phenolic OH excluding ortho intramolecular Hbond substituents is 1. The zero-order valence-electron chi connectivity index (χ0n) is 10.3. The third kappa shape index (κ3) is 3.85. The molecule has 7 nitrogen and oxygen atoms in total. The molecule has 0 aliphatic carbocycles. The molecule has 1 unspecified atom stereocenters. The first-order chi connectivity index (χ1) is 8.99. The predicted octanol–water partition coefficient (Wildman–Crippen LogP) is -0.0338. The maximum absolute atomic E-state index is 11.8. The van der Waals surface area contributed by atoms with E-state index < -0.39 is 17.9 Å². The van der Waals surface area contributed by atoms with E-state index >= 15 is 0 Å². The van der Waals surface area contributed by atoms with Gasteiger partial charge in [0.05, 0.1) is 7.11 Å². The molecule has 1 aromatic carbocycles. The van der Waals surface area contributed by atoms with Crippen LogP contribution >= 0.6 is 0 Å². The molecule has 1 rings (SSSR count). The minimum absolute atomic E-state index is 0.0940. The van der Waals surface area contributed by atoms with Crippen molar-refractivity contribution in [2.75, 3.05) is 13.7 Å². The molecule has 1 amide bonds. The summed E-state index contributed by atoms with van der Waals surface area (Å²) in [7, 11) is 1.37. The van der Waals surface area contributed by atoms with Crippen LogP contribution in [0.4, 0.5) is 0 Å². The number of hydrogen-bond donors (Lipinski definition) is 4. The van der Waals surface area contributed by atoms with Crippen molar-refractivity contribution in [1.29, 1.82) is 0 Å². The van der Waals surface area contributed by atoms with Gasteiger partial charge in [-0.15, -0.1) is 0 Å². The number of methoxy groups -OCH3 is 1. The van der Waals surface area contributed by atoms with Gasteiger partial charge in [0.15, 0.2) is 11.5 Å². The fourth-order valence-corrected chi connectivity index (χ4v) is 1.46. The summed E-state index contributed by atoms with van der Waals surface area (Å²) in [5.41, 5.74) is 0.0995. The van der Waals surface area contributed by atoms with Crippen molar-refractivity contribution >= 4 is 11.9 Å². The van der Waals surface area contributed by atoms with Crippen LogP contribution in [0.3, 0.4) is 0 Å². The summed E-state index contributed by atoms with van der Waals surface area (Å²) < 4.78 is 4.83. The van der Waals surface area contributed by atoms with Gasteiger partial charge in [-0.2, -0.15) is 0 Å². The Morgan fingerprint density at radius 3 is 2.58 bits per heavy atom. The number of benzene rings is 1. The number of aliphatic hydroxyl groups is 1. The van der Waals surface area contributed by atoms with Crippen molar-refractivity contribution in [3.63, 3.8) is 0 Å². The average Bonchev–Trinajstić information content (AvgIpc) is 2.37. The molecule has 0 spiro atoms. The summed E-state index contributed by atoms with van der Waals surface area (Å²) in [6, 6.07) is 2.78. The Morgan fingerprint density at radius 2 is 2.11 bits per heavy atom. The van der Waals surface area contributed by atoms with Gasteiger partial charge in [0.25, 0.3) is 5.91 Å². The summed E-state index contributed by atoms with van der Waals surface area (Å²) in [5.74, 6) is -1.90. The van der Waals surface area contributed by atoms with Gasteiger partial charge in [0.1, 0.15) is 6.04 Å². The van der Waals surface area contributed by atoms with E-state index in [9.17, 15) is 14.7 Å². The third-order valence-electron chi connectivity index (χ3n) is 2.46. The molecule has 0 heterocycles. The van der Waals surface area contributed by atoms with E-state index in [1.807, 2.05) is 0 Å². The maximum Gasteiger partial charge on any atom is 0.326 e. The standard InChI is InChI=1S/C12H15NO6/c1-19-10-3-2-7(6-9(10)15)11(16)13-8(4-5-14)12(17)18/h2-3,6,8,14-15H,4-5H2,1H3,(H,13,16)(H,17,18). The number of carboxylic acid groups (broad SMARTS) is 1. The second-order valence-corrected chi connectivity index (χ2v) is 3.76. The molecular formula is C12H15NO6. The van der Waals surface area contributed by atoms with Gasteiger partial charge < -0.3 is 25.4 Å². The number of aromatic hydroxyl groups is 1. The Morgan fingerprint density at radius 1 is 1.42 bits per heavy atom. The normalized spacial score (nSPS) is 11.7. The summed E-state index contributed by atoms with van der Waals surface area (Å²) >= 11 is 0. The number of phenols is 1. The fraction of sp³-hybridized carbons (Fsp3) is 0.333. The Balaban J connectivity index is 2.82. The molecule has 0 bridgehead atoms. The zero-order valence-corrected chi connectivity index (χ0v) is 10.3. The Bertz CT molecular complexity index is 473. The van der Waals surface area contributed by atoms with E-state index in [-0.39, 0.29) is 30.1 Å². The molecule has 0 aliphatic rings. The van der Waals surface area contributed by atoms with E-state index in [0.29, 0.717) is 0 Å². The third-order valence-corrected chi connectivity index (χ3v) is 2.46. The smallest absolute Gasteiger partial charge is 0.326 e. The van der Waals surface area contributed by atoms with Crippen molar-refractivity contribution < 1.29 is 29.6 Å². The van der Waals surface area contributed by atoms with Crippen molar-refractivity contribution in [3.8, 4) is 11.5 Å². The number of aliphatic carboxylic acids is 1. The lowest BCUT2D eigenvalue weighted by Gasteiger charge is -2.13. The average molecular weight is 269 g/mol. The number of carbonyl (C=O) groups is 2. The molecule has 0 saturated carbocycles. The first-order valence-corrected chi connectivity index (χ1v) is 5.51. The van der Waals surface area contributed by atoms with Gasteiger partial charge in [-0.3, -0.25) is 4.79 Å². The van der Waals surface area contributed by atoms with Crippen molar-refractivity contribution in [1.82, 2.24) is 5.32 Å². The predicted molar refractivity (Wildman–Crippen MR) is 65.3 cm³/mol. The van der Waals surface area contributed by atoms with E-state index in [0.717, 1.165) is 0 Å². The maximum atomic E-state index is 11.8. The van der Waals surface area contributed by atoms with E-state index in [1.165, 1.54) is 25.3 Å². The van der Waals surface area contributed by atoms with E-state index in [1.54, 1.807) is 0 Å². The number of amides is 1. The number of nitrogens with one attached hydrogen (secondary N) is 1. The molecule has 0 radical (unpaired) electrons. The Kier molecular flexibility index (Phi) is 5.13. The SMILES string of the molecule is COc1ccc(C(=O)NC(CCO)C(=O)O)cc1O. The number of carbonyl (C=O) groups excluding carboxylic acids is 1. The summed E-state index contributed by atoms with van der Waals surface area (Å²) in [6.45, 7) is -0.356. The largest absolute Gasteiger partial charge is 0.504 e. The van der Waals surface area contributed by atoms with Crippen LogP contribution in [-0.4, -0.2) is 47.0 Å². The summed E-state index contributed by atoms with van der Waals surface area (Å²) in [4.78, 5) is 22.6. The quantitative estimate of drug-likeness (QED) is 0.576. The molecule has 0 aromatic heterocycles. The highest BCUT2D eigenvalue weighted by molar-refractivity contribution is 5.97. The molecule has 1 atom stereocenters. The van der Waals surface area contributed by atoms with Crippen LogP contribution in [-0.2, 0) is 4.79 Å². The van der Waals surface area contributed by atoms with Crippen LogP contribution in [0.5, 0.6) is 11.5 Å². The second-order valence-electron chi connectivity index (χ2n) is 3.76. The second kappa shape index (κ2) is 6.60. The van der Waals surface area contributed by atoms with Crippen molar-refractivity contribution in [3.05, 3.63) is 23.8 Å². The van der Waals surface area contributed by atoms with E-state index in [2.05, 4.69) is 5.32 Å². The summed E-state index contributed by atoms with van der Waals surface area (Å²) in [5, 5.41) is 29.3. The molecule has 104 valence electrons. The lowest BCUT2D eigenvalue weighted by atomic mass is 10.1. The highest BCUT2D eigenvalue weighted by atomic mass is 16.5. The first kappa shape index (κ1) is 14.8. The van der Waals surface area contributed by atoms with Gasteiger partial charge in [-0.05, 0) is 18.2 Å². The zero-order chi connectivity index (χ0) is 14.4. The molecule has 0 aliphatic heterocycles. The highest BCUT2D eigenvalue weighted by Crippen LogP contribution is 2.26. The lowest BCUT2D eigenvalue weighted by Crippen LogP contribution is -2.41. The highest BCUT2D eigenvalue weighted by Gasteiger charge is 2.20.